The van der Waals surface area contributed by atoms with E-state index >= 15 is 0 Å². The Hall–Kier alpha value is -1.52. The maximum Gasteiger partial charge on any atom is 0.320 e. The zero-order valence-electron chi connectivity index (χ0n) is 12.3. The van der Waals surface area contributed by atoms with Crippen molar-refractivity contribution >= 4 is 12.0 Å². The third kappa shape index (κ3) is 3.14. The second-order valence-electron chi connectivity index (χ2n) is 6.32. The van der Waals surface area contributed by atoms with E-state index in [1.165, 1.54) is 0 Å². The minimum Gasteiger partial charge on any atom is -0.481 e. The Balaban J connectivity index is 2.00. The lowest BCUT2D eigenvalue weighted by Gasteiger charge is -2.40. The fraction of sp³-hybridized carbons (Fsp3) is 0.733. The van der Waals surface area contributed by atoms with E-state index in [1.807, 2.05) is 11.8 Å². The first kappa shape index (κ1) is 14.9. The molecule has 1 N–H and O–H groups in total. The molecule has 2 bridgehead atoms. The fourth-order valence-electron chi connectivity index (χ4n) is 3.69. The van der Waals surface area contributed by atoms with Crippen LogP contribution in [0.25, 0.3) is 0 Å². The number of urea groups is 1. The molecular formula is C15H24N2O3. The Morgan fingerprint density at radius 1 is 1.30 bits per heavy atom. The number of carboxylic acid groups (broad SMARTS) is 1. The Labute approximate surface area is 120 Å². The average molecular weight is 280 g/mol. The first-order valence-electron chi connectivity index (χ1n) is 7.28. The molecule has 2 aliphatic rings. The van der Waals surface area contributed by atoms with E-state index < -0.39 is 5.97 Å². The Kier molecular flexibility index (Phi) is 4.35. The van der Waals surface area contributed by atoms with Crippen LogP contribution in [0.1, 0.15) is 39.0 Å². The van der Waals surface area contributed by atoms with Crippen LogP contribution < -0.4 is 0 Å². The number of hydrogen-bond acceptors (Lipinski definition) is 2. The van der Waals surface area contributed by atoms with Gasteiger partial charge in [-0.2, -0.15) is 0 Å². The molecule has 0 aliphatic carbocycles. The van der Waals surface area contributed by atoms with E-state index in [4.69, 9.17) is 5.11 Å². The summed E-state index contributed by atoms with van der Waals surface area (Å²) < 4.78 is 0. The number of piperidine rings is 1. The molecule has 0 aromatic rings. The highest BCUT2D eigenvalue weighted by molar-refractivity contribution is 5.76. The number of nitrogens with zero attached hydrogens (tertiary/aromatic N) is 2. The smallest absolute Gasteiger partial charge is 0.320 e. The van der Waals surface area contributed by atoms with Gasteiger partial charge in [-0.05, 0) is 38.5 Å². The number of carbonyl (C=O) groups excluding carboxylic acids is 1. The van der Waals surface area contributed by atoms with Crippen LogP contribution in [0.15, 0.2) is 12.2 Å². The zero-order valence-corrected chi connectivity index (χ0v) is 12.3. The molecular weight excluding hydrogens is 256 g/mol. The van der Waals surface area contributed by atoms with Crippen molar-refractivity contribution in [2.45, 2.75) is 51.1 Å². The summed E-state index contributed by atoms with van der Waals surface area (Å²) >= 11 is 0. The minimum atomic E-state index is -0.728. The van der Waals surface area contributed by atoms with Gasteiger partial charge in [-0.3, -0.25) is 4.79 Å². The van der Waals surface area contributed by atoms with Gasteiger partial charge in [-0.1, -0.05) is 12.2 Å². The van der Waals surface area contributed by atoms with Gasteiger partial charge in [0.25, 0.3) is 0 Å². The van der Waals surface area contributed by atoms with E-state index in [1.54, 1.807) is 11.9 Å². The summed E-state index contributed by atoms with van der Waals surface area (Å²) in [4.78, 5) is 27.1. The molecule has 5 nitrogen and oxygen atoms in total. The molecule has 2 amide bonds. The monoisotopic (exact) mass is 280 g/mol. The van der Waals surface area contributed by atoms with Gasteiger partial charge in [0.2, 0.25) is 0 Å². The maximum atomic E-state index is 12.5. The van der Waals surface area contributed by atoms with Gasteiger partial charge in [0.15, 0.2) is 0 Å². The number of rotatable bonds is 4. The predicted molar refractivity (Wildman–Crippen MR) is 76.5 cm³/mol. The number of likely N-dealkylation sites (N-methyl/N-ethyl adjacent to an activating group) is 1. The third-order valence-electron chi connectivity index (χ3n) is 4.35. The predicted octanol–water partition coefficient (Wildman–Crippen LogP) is 2.33. The first-order chi connectivity index (χ1) is 9.38. The van der Waals surface area contributed by atoms with Crippen molar-refractivity contribution in [2.24, 2.45) is 5.92 Å². The van der Waals surface area contributed by atoms with Gasteiger partial charge in [-0.25, -0.2) is 4.79 Å². The van der Waals surface area contributed by atoms with Crippen molar-refractivity contribution in [1.82, 2.24) is 9.80 Å². The van der Waals surface area contributed by atoms with Gasteiger partial charge in [0.05, 0.1) is 0 Å². The van der Waals surface area contributed by atoms with E-state index in [0.29, 0.717) is 6.54 Å². The van der Waals surface area contributed by atoms with Crippen molar-refractivity contribution < 1.29 is 14.7 Å². The van der Waals surface area contributed by atoms with Gasteiger partial charge >= 0.3 is 12.0 Å². The molecule has 2 rings (SSSR count). The molecule has 0 radical (unpaired) electrons. The lowest BCUT2D eigenvalue weighted by Crippen LogP contribution is -2.51. The minimum absolute atomic E-state index is 0.0641. The number of carbonyl (C=O) groups is 2. The van der Waals surface area contributed by atoms with Crippen molar-refractivity contribution in [3.05, 3.63) is 12.2 Å². The SMILES string of the molecule is C=C(C)CN(C)C(=O)N1C2CCC1CC(CC(=O)O)C2. The van der Waals surface area contributed by atoms with Crippen molar-refractivity contribution in [1.29, 1.82) is 0 Å². The summed E-state index contributed by atoms with van der Waals surface area (Å²) in [5.41, 5.74) is 0.967. The average Bonchev–Trinajstić information content (AvgIpc) is 2.58. The largest absolute Gasteiger partial charge is 0.481 e. The molecule has 5 heteroatoms. The molecule has 2 aliphatic heterocycles. The molecule has 0 spiro atoms. The van der Waals surface area contributed by atoms with Gasteiger partial charge in [-0.15, -0.1) is 0 Å². The van der Waals surface area contributed by atoms with Crippen LogP contribution in [0.4, 0.5) is 4.79 Å². The highest BCUT2D eigenvalue weighted by atomic mass is 16.4. The fourth-order valence-corrected chi connectivity index (χ4v) is 3.69. The number of fused-ring (bicyclic) bond motifs is 2. The summed E-state index contributed by atoms with van der Waals surface area (Å²) in [7, 11) is 1.81. The topological polar surface area (TPSA) is 60.9 Å². The van der Waals surface area contributed by atoms with Gasteiger partial charge in [0, 0.05) is 32.1 Å². The molecule has 2 saturated heterocycles. The summed E-state index contributed by atoms with van der Waals surface area (Å²) in [6.07, 6.45) is 3.91. The molecule has 2 heterocycles. The van der Waals surface area contributed by atoms with Gasteiger partial charge < -0.3 is 14.9 Å². The Bertz CT molecular complexity index is 407. The third-order valence-corrected chi connectivity index (χ3v) is 4.35. The normalized spacial score (nSPS) is 28.3. The number of carboxylic acids is 1. The highest BCUT2D eigenvalue weighted by Gasteiger charge is 2.44. The number of aliphatic carboxylic acids is 1. The molecule has 20 heavy (non-hydrogen) atoms. The van der Waals surface area contributed by atoms with Crippen LogP contribution in [-0.2, 0) is 4.79 Å². The lowest BCUT2D eigenvalue weighted by molar-refractivity contribution is -0.138. The van der Waals surface area contributed by atoms with E-state index in [9.17, 15) is 9.59 Å². The quantitative estimate of drug-likeness (QED) is 0.804. The standard InChI is InChI=1S/C15H24N2O3/c1-10(2)9-16(3)15(20)17-12-4-5-13(17)7-11(6-12)8-14(18)19/h11-13H,1,4-9H2,2-3H3,(H,18,19). The van der Waals surface area contributed by atoms with Crippen LogP contribution >= 0.6 is 0 Å². The Morgan fingerprint density at radius 3 is 2.30 bits per heavy atom. The van der Waals surface area contributed by atoms with Crippen molar-refractivity contribution in [2.75, 3.05) is 13.6 Å². The maximum absolute atomic E-state index is 12.5. The van der Waals surface area contributed by atoms with Crippen LogP contribution in [-0.4, -0.2) is 52.6 Å². The van der Waals surface area contributed by atoms with Crippen LogP contribution in [0.3, 0.4) is 0 Å². The Morgan fingerprint density at radius 2 is 1.85 bits per heavy atom. The summed E-state index contributed by atoms with van der Waals surface area (Å²) in [5, 5.41) is 8.92. The molecule has 0 aromatic carbocycles. The second-order valence-corrected chi connectivity index (χ2v) is 6.32. The van der Waals surface area contributed by atoms with Crippen LogP contribution in [0.5, 0.6) is 0 Å². The van der Waals surface area contributed by atoms with Gasteiger partial charge in [0.1, 0.15) is 0 Å². The number of hydrogen-bond donors (Lipinski definition) is 1. The zero-order chi connectivity index (χ0) is 14.9. The second kappa shape index (κ2) is 5.85. The first-order valence-corrected chi connectivity index (χ1v) is 7.28. The summed E-state index contributed by atoms with van der Waals surface area (Å²) in [6, 6.07) is 0.505. The van der Waals surface area contributed by atoms with E-state index in [-0.39, 0.29) is 30.5 Å². The highest BCUT2D eigenvalue weighted by Crippen LogP contribution is 2.40. The molecule has 2 unspecified atom stereocenters. The number of amides is 2. The molecule has 0 aromatic heterocycles. The molecule has 0 saturated carbocycles. The summed E-state index contributed by atoms with van der Waals surface area (Å²) in [6.45, 7) is 6.33. The lowest BCUT2D eigenvalue weighted by atomic mass is 9.88. The van der Waals surface area contributed by atoms with E-state index in [0.717, 1.165) is 31.3 Å². The van der Waals surface area contributed by atoms with E-state index in [2.05, 4.69) is 6.58 Å². The summed E-state index contributed by atoms with van der Waals surface area (Å²) in [5.74, 6) is -0.505. The molecule has 2 atom stereocenters. The van der Waals surface area contributed by atoms with Crippen molar-refractivity contribution in [3.8, 4) is 0 Å². The van der Waals surface area contributed by atoms with Crippen LogP contribution in [0.2, 0.25) is 0 Å². The van der Waals surface area contributed by atoms with Crippen molar-refractivity contribution in [3.63, 3.8) is 0 Å². The van der Waals surface area contributed by atoms with Crippen LogP contribution in [0, 0.1) is 5.92 Å². The molecule has 2 fully saturated rings. The molecule has 112 valence electrons.